The van der Waals surface area contributed by atoms with Gasteiger partial charge in [-0.25, -0.2) is 0 Å². The quantitative estimate of drug-likeness (QED) is 0.809. The molecule has 4 nitrogen and oxygen atoms in total. The summed E-state index contributed by atoms with van der Waals surface area (Å²) < 4.78 is 7.05. The van der Waals surface area contributed by atoms with E-state index in [0.29, 0.717) is 5.92 Å². The van der Waals surface area contributed by atoms with Gasteiger partial charge in [0.25, 0.3) is 0 Å². The molecule has 0 saturated carbocycles. The van der Waals surface area contributed by atoms with Crippen LogP contribution >= 0.6 is 0 Å². The first-order chi connectivity index (χ1) is 7.11. The molecule has 1 aromatic rings. The van der Waals surface area contributed by atoms with Crippen molar-refractivity contribution in [1.29, 1.82) is 0 Å². The fourth-order valence-electron chi connectivity index (χ4n) is 1.87. The maximum absolute atomic E-state index is 6.21. The van der Waals surface area contributed by atoms with Crippen LogP contribution in [0.3, 0.4) is 0 Å². The summed E-state index contributed by atoms with van der Waals surface area (Å²) in [6.45, 7) is 4.34. The van der Waals surface area contributed by atoms with Gasteiger partial charge in [-0.1, -0.05) is 20.3 Å². The van der Waals surface area contributed by atoms with Crippen molar-refractivity contribution in [2.24, 2.45) is 18.7 Å². The lowest BCUT2D eigenvalue weighted by Crippen LogP contribution is -2.22. The van der Waals surface area contributed by atoms with Crippen LogP contribution in [0, 0.1) is 5.92 Å². The second-order valence-corrected chi connectivity index (χ2v) is 4.01. The third-order valence-corrected chi connectivity index (χ3v) is 2.84. The molecule has 0 spiro atoms. The number of hydrogen-bond donors (Lipinski definition) is 1. The van der Waals surface area contributed by atoms with E-state index in [2.05, 4.69) is 18.9 Å². The highest BCUT2D eigenvalue weighted by Crippen LogP contribution is 2.29. The standard InChI is InChI=1S/C11H21N3O/c1-5-6-8(2)10(12)11-9(15-4)7-13-14(11)3/h7-8,10H,5-6,12H2,1-4H3. The second kappa shape index (κ2) is 5.16. The summed E-state index contributed by atoms with van der Waals surface area (Å²) >= 11 is 0. The Morgan fingerprint density at radius 1 is 1.60 bits per heavy atom. The zero-order valence-corrected chi connectivity index (χ0v) is 10.0. The molecule has 2 atom stereocenters. The van der Waals surface area contributed by atoms with Crippen molar-refractivity contribution in [2.45, 2.75) is 32.7 Å². The van der Waals surface area contributed by atoms with Crippen LogP contribution in [0.5, 0.6) is 5.75 Å². The number of rotatable bonds is 5. The molecule has 0 amide bonds. The fraction of sp³-hybridized carbons (Fsp3) is 0.727. The molecular formula is C11H21N3O. The molecule has 0 aliphatic carbocycles. The molecule has 0 radical (unpaired) electrons. The molecular weight excluding hydrogens is 190 g/mol. The molecule has 0 aliphatic rings. The maximum atomic E-state index is 6.21. The largest absolute Gasteiger partial charge is 0.493 e. The number of ether oxygens (including phenoxy) is 1. The van der Waals surface area contributed by atoms with E-state index in [4.69, 9.17) is 10.5 Å². The van der Waals surface area contributed by atoms with Gasteiger partial charge in [0.2, 0.25) is 0 Å². The van der Waals surface area contributed by atoms with E-state index in [0.717, 1.165) is 24.3 Å². The lowest BCUT2D eigenvalue weighted by molar-refractivity contribution is 0.373. The Morgan fingerprint density at radius 3 is 2.80 bits per heavy atom. The molecule has 0 bridgehead atoms. The summed E-state index contributed by atoms with van der Waals surface area (Å²) in [5.74, 6) is 1.23. The van der Waals surface area contributed by atoms with Crippen molar-refractivity contribution < 1.29 is 4.74 Å². The molecule has 0 aromatic carbocycles. The molecule has 0 saturated heterocycles. The van der Waals surface area contributed by atoms with Gasteiger partial charge in [0.15, 0.2) is 5.75 Å². The number of aryl methyl sites for hydroxylation is 1. The Balaban J connectivity index is 2.88. The molecule has 1 rings (SSSR count). The Bertz CT molecular complexity index is 309. The van der Waals surface area contributed by atoms with Gasteiger partial charge in [0.1, 0.15) is 0 Å². The van der Waals surface area contributed by atoms with Crippen molar-refractivity contribution in [3.05, 3.63) is 11.9 Å². The maximum Gasteiger partial charge on any atom is 0.161 e. The minimum absolute atomic E-state index is 0.00704. The van der Waals surface area contributed by atoms with Gasteiger partial charge in [-0.3, -0.25) is 4.68 Å². The van der Waals surface area contributed by atoms with Crippen LogP contribution in [-0.4, -0.2) is 16.9 Å². The van der Waals surface area contributed by atoms with Gasteiger partial charge in [-0.2, -0.15) is 5.10 Å². The van der Waals surface area contributed by atoms with Crippen LogP contribution in [0.4, 0.5) is 0 Å². The molecule has 0 aliphatic heterocycles. The van der Waals surface area contributed by atoms with Gasteiger partial charge in [-0.05, 0) is 12.3 Å². The first kappa shape index (κ1) is 12.0. The molecule has 2 unspecified atom stereocenters. The molecule has 0 fully saturated rings. The number of methoxy groups -OCH3 is 1. The normalized spacial score (nSPS) is 15.0. The zero-order chi connectivity index (χ0) is 11.4. The van der Waals surface area contributed by atoms with Gasteiger partial charge >= 0.3 is 0 Å². The molecule has 1 heterocycles. The van der Waals surface area contributed by atoms with Gasteiger partial charge in [0.05, 0.1) is 25.0 Å². The highest BCUT2D eigenvalue weighted by molar-refractivity contribution is 5.28. The summed E-state index contributed by atoms with van der Waals surface area (Å²) in [7, 11) is 3.55. The third-order valence-electron chi connectivity index (χ3n) is 2.84. The number of hydrogen-bond acceptors (Lipinski definition) is 3. The summed E-state index contributed by atoms with van der Waals surface area (Å²) in [5.41, 5.74) is 7.19. The lowest BCUT2D eigenvalue weighted by atomic mass is 9.95. The van der Waals surface area contributed by atoms with Crippen molar-refractivity contribution in [3.63, 3.8) is 0 Å². The molecule has 1 aromatic heterocycles. The van der Waals surface area contributed by atoms with E-state index in [1.165, 1.54) is 0 Å². The van der Waals surface area contributed by atoms with E-state index in [-0.39, 0.29) is 6.04 Å². The topological polar surface area (TPSA) is 53.1 Å². The summed E-state index contributed by atoms with van der Waals surface area (Å²) in [5, 5.41) is 4.16. The van der Waals surface area contributed by atoms with Crippen molar-refractivity contribution >= 4 is 0 Å². The number of nitrogens with zero attached hydrogens (tertiary/aromatic N) is 2. The van der Waals surface area contributed by atoms with Crippen LogP contribution in [0.15, 0.2) is 6.20 Å². The first-order valence-electron chi connectivity index (χ1n) is 5.43. The molecule has 86 valence electrons. The fourth-order valence-corrected chi connectivity index (χ4v) is 1.87. The van der Waals surface area contributed by atoms with E-state index in [9.17, 15) is 0 Å². The first-order valence-corrected chi connectivity index (χ1v) is 5.43. The van der Waals surface area contributed by atoms with E-state index in [1.807, 2.05) is 7.05 Å². The van der Waals surface area contributed by atoms with Gasteiger partial charge in [0, 0.05) is 7.05 Å². The van der Waals surface area contributed by atoms with E-state index in [1.54, 1.807) is 18.0 Å². The average Bonchev–Trinajstić information content (AvgIpc) is 2.58. The van der Waals surface area contributed by atoms with E-state index < -0.39 is 0 Å². The SMILES string of the molecule is CCCC(C)C(N)c1c(OC)cnn1C. The molecule has 4 heteroatoms. The Kier molecular flexibility index (Phi) is 4.15. The second-order valence-electron chi connectivity index (χ2n) is 4.01. The highest BCUT2D eigenvalue weighted by atomic mass is 16.5. The Labute approximate surface area is 91.4 Å². The van der Waals surface area contributed by atoms with Gasteiger partial charge < -0.3 is 10.5 Å². The zero-order valence-electron chi connectivity index (χ0n) is 10.0. The van der Waals surface area contributed by atoms with Crippen LogP contribution in [-0.2, 0) is 7.05 Å². The Hall–Kier alpha value is -1.03. The predicted octanol–water partition coefficient (Wildman–Crippen LogP) is 1.86. The molecule has 2 N–H and O–H groups in total. The van der Waals surface area contributed by atoms with Crippen LogP contribution in [0.2, 0.25) is 0 Å². The number of aromatic nitrogens is 2. The minimum Gasteiger partial charge on any atom is -0.493 e. The van der Waals surface area contributed by atoms with E-state index >= 15 is 0 Å². The van der Waals surface area contributed by atoms with Crippen molar-refractivity contribution in [1.82, 2.24) is 9.78 Å². The van der Waals surface area contributed by atoms with Gasteiger partial charge in [-0.15, -0.1) is 0 Å². The summed E-state index contributed by atoms with van der Waals surface area (Å²) in [4.78, 5) is 0. The summed E-state index contributed by atoms with van der Waals surface area (Å²) in [6.07, 6.45) is 3.98. The van der Waals surface area contributed by atoms with Crippen LogP contribution in [0.25, 0.3) is 0 Å². The van der Waals surface area contributed by atoms with Crippen LogP contribution < -0.4 is 10.5 Å². The number of nitrogens with two attached hydrogens (primary N) is 1. The smallest absolute Gasteiger partial charge is 0.161 e. The predicted molar refractivity (Wildman–Crippen MR) is 60.8 cm³/mol. The van der Waals surface area contributed by atoms with Crippen LogP contribution in [0.1, 0.15) is 38.4 Å². The molecule has 15 heavy (non-hydrogen) atoms. The average molecular weight is 211 g/mol. The lowest BCUT2D eigenvalue weighted by Gasteiger charge is -2.20. The Morgan fingerprint density at radius 2 is 2.27 bits per heavy atom. The third kappa shape index (κ3) is 2.50. The van der Waals surface area contributed by atoms with Crippen molar-refractivity contribution in [2.75, 3.05) is 7.11 Å². The van der Waals surface area contributed by atoms with Crippen molar-refractivity contribution in [3.8, 4) is 5.75 Å². The monoisotopic (exact) mass is 211 g/mol. The minimum atomic E-state index is -0.00704. The summed E-state index contributed by atoms with van der Waals surface area (Å²) in [6, 6.07) is -0.00704. The highest BCUT2D eigenvalue weighted by Gasteiger charge is 2.21.